The first kappa shape index (κ1) is 27.0. The zero-order valence-electron chi connectivity index (χ0n) is 25.3. The second-order valence-corrected chi connectivity index (χ2v) is 11.6. The molecule has 7 aromatic carbocycles. The SMILES string of the molecule is c1ccc(-c2cccc(-c3nc(-c4ccccc4)nc(-c4ccc(-c5cccc6oc7ccc8ccccc8c7c56)cc4)n3)c2)cc1. The number of hydrogen-bond donors (Lipinski definition) is 0. The molecule has 0 atom stereocenters. The largest absolute Gasteiger partial charge is 0.456 e. The summed E-state index contributed by atoms with van der Waals surface area (Å²) in [6.07, 6.45) is 0. The average Bonchev–Trinajstić information content (AvgIpc) is 3.55. The Morgan fingerprint density at radius 1 is 0.340 bits per heavy atom. The van der Waals surface area contributed by atoms with Crippen molar-refractivity contribution in [1.82, 2.24) is 15.0 Å². The number of aromatic nitrogens is 3. The molecule has 0 aliphatic heterocycles. The quantitative estimate of drug-likeness (QED) is 0.197. The highest BCUT2D eigenvalue weighted by Crippen LogP contribution is 2.40. The van der Waals surface area contributed by atoms with Crippen LogP contribution in [0.1, 0.15) is 0 Å². The lowest BCUT2D eigenvalue weighted by molar-refractivity contribution is 0.669. The van der Waals surface area contributed by atoms with Crippen molar-refractivity contribution in [2.75, 3.05) is 0 Å². The Bertz CT molecular complexity index is 2550. The highest BCUT2D eigenvalue weighted by Gasteiger charge is 2.16. The highest BCUT2D eigenvalue weighted by molar-refractivity contribution is 6.22. The lowest BCUT2D eigenvalue weighted by atomic mass is 9.96. The summed E-state index contributed by atoms with van der Waals surface area (Å²) in [5.74, 6) is 1.90. The molecule has 0 spiro atoms. The Labute approximate surface area is 271 Å². The van der Waals surface area contributed by atoms with Crippen molar-refractivity contribution >= 4 is 32.7 Å². The summed E-state index contributed by atoms with van der Waals surface area (Å²) in [5, 5.41) is 4.65. The van der Waals surface area contributed by atoms with Crippen molar-refractivity contribution < 1.29 is 4.42 Å². The molecule has 4 heteroatoms. The topological polar surface area (TPSA) is 51.8 Å². The molecule has 0 saturated heterocycles. The number of furan rings is 1. The van der Waals surface area contributed by atoms with Crippen LogP contribution >= 0.6 is 0 Å². The molecular weight excluding hydrogens is 574 g/mol. The molecule has 0 amide bonds. The van der Waals surface area contributed by atoms with E-state index >= 15 is 0 Å². The first-order valence-corrected chi connectivity index (χ1v) is 15.7. The van der Waals surface area contributed by atoms with Crippen LogP contribution in [0.2, 0.25) is 0 Å². The summed E-state index contributed by atoms with van der Waals surface area (Å²) in [5.41, 5.74) is 9.07. The van der Waals surface area contributed by atoms with Crippen LogP contribution in [-0.4, -0.2) is 15.0 Å². The first-order valence-electron chi connectivity index (χ1n) is 15.7. The maximum atomic E-state index is 6.34. The van der Waals surface area contributed by atoms with E-state index in [0.717, 1.165) is 60.9 Å². The Kier molecular flexibility index (Phi) is 6.43. The Morgan fingerprint density at radius 2 is 0.894 bits per heavy atom. The van der Waals surface area contributed by atoms with Gasteiger partial charge in [-0.1, -0.05) is 146 Å². The molecule has 0 bridgehead atoms. The number of hydrogen-bond acceptors (Lipinski definition) is 4. The number of fused-ring (bicyclic) bond motifs is 5. The van der Waals surface area contributed by atoms with Crippen molar-refractivity contribution in [3.63, 3.8) is 0 Å². The molecule has 2 aromatic heterocycles. The molecule has 2 heterocycles. The molecule has 0 radical (unpaired) electrons. The summed E-state index contributed by atoms with van der Waals surface area (Å²) in [4.78, 5) is 14.9. The van der Waals surface area contributed by atoms with Gasteiger partial charge in [-0.2, -0.15) is 0 Å². The minimum Gasteiger partial charge on any atom is -0.456 e. The van der Waals surface area contributed by atoms with E-state index in [2.05, 4.69) is 121 Å². The maximum absolute atomic E-state index is 6.34. The van der Waals surface area contributed by atoms with Gasteiger partial charge in [0.15, 0.2) is 17.5 Å². The number of nitrogens with zero attached hydrogens (tertiary/aromatic N) is 3. The smallest absolute Gasteiger partial charge is 0.164 e. The van der Waals surface area contributed by atoms with Crippen molar-refractivity contribution in [2.24, 2.45) is 0 Å². The molecule has 0 unspecified atom stereocenters. The van der Waals surface area contributed by atoms with E-state index in [4.69, 9.17) is 19.4 Å². The summed E-state index contributed by atoms with van der Waals surface area (Å²) in [6.45, 7) is 0. The van der Waals surface area contributed by atoms with E-state index in [1.807, 2.05) is 42.5 Å². The molecule has 47 heavy (non-hydrogen) atoms. The lowest BCUT2D eigenvalue weighted by Crippen LogP contribution is -2.00. The molecule has 0 N–H and O–H groups in total. The summed E-state index contributed by atoms with van der Waals surface area (Å²) < 4.78 is 6.34. The molecule has 0 aliphatic rings. The second kappa shape index (κ2) is 11.2. The van der Waals surface area contributed by atoms with Gasteiger partial charge in [-0.05, 0) is 51.2 Å². The predicted molar refractivity (Wildman–Crippen MR) is 192 cm³/mol. The summed E-state index contributed by atoms with van der Waals surface area (Å²) in [6, 6.07) is 56.3. The normalized spacial score (nSPS) is 11.4. The van der Waals surface area contributed by atoms with Gasteiger partial charge < -0.3 is 4.42 Å². The van der Waals surface area contributed by atoms with Crippen LogP contribution in [0.4, 0.5) is 0 Å². The Hall–Kier alpha value is -6.39. The third-order valence-electron chi connectivity index (χ3n) is 8.74. The van der Waals surface area contributed by atoms with E-state index < -0.39 is 0 Å². The Morgan fingerprint density at radius 3 is 1.66 bits per heavy atom. The van der Waals surface area contributed by atoms with Crippen LogP contribution < -0.4 is 0 Å². The van der Waals surface area contributed by atoms with Crippen LogP contribution in [0.3, 0.4) is 0 Å². The minimum absolute atomic E-state index is 0.628. The first-order chi connectivity index (χ1) is 23.3. The third-order valence-corrected chi connectivity index (χ3v) is 8.74. The van der Waals surface area contributed by atoms with E-state index in [9.17, 15) is 0 Å². The van der Waals surface area contributed by atoms with Gasteiger partial charge in [-0.25, -0.2) is 15.0 Å². The number of benzene rings is 7. The van der Waals surface area contributed by atoms with Crippen molar-refractivity contribution in [2.45, 2.75) is 0 Å². The fourth-order valence-corrected chi connectivity index (χ4v) is 6.45. The van der Waals surface area contributed by atoms with Gasteiger partial charge in [0.1, 0.15) is 11.2 Å². The van der Waals surface area contributed by atoms with E-state index in [-0.39, 0.29) is 0 Å². The third kappa shape index (κ3) is 4.84. The van der Waals surface area contributed by atoms with E-state index in [1.54, 1.807) is 0 Å². The molecule has 0 saturated carbocycles. The molecule has 9 aromatic rings. The minimum atomic E-state index is 0.628. The van der Waals surface area contributed by atoms with Crippen LogP contribution in [0.15, 0.2) is 168 Å². The van der Waals surface area contributed by atoms with Crippen molar-refractivity contribution in [1.29, 1.82) is 0 Å². The fraction of sp³-hybridized carbons (Fsp3) is 0. The predicted octanol–water partition coefficient (Wildman–Crippen LogP) is 11.3. The lowest BCUT2D eigenvalue weighted by Gasteiger charge is -2.10. The average molecular weight is 602 g/mol. The van der Waals surface area contributed by atoms with Crippen LogP contribution in [0.5, 0.6) is 0 Å². The zero-order chi connectivity index (χ0) is 31.2. The maximum Gasteiger partial charge on any atom is 0.164 e. The molecule has 9 rings (SSSR count). The fourth-order valence-electron chi connectivity index (χ4n) is 6.45. The van der Waals surface area contributed by atoms with E-state index in [0.29, 0.717) is 17.5 Å². The highest BCUT2D eigenvalue weighted by atomic mass is 16.3. The molecular formula is C43H27N3O. The van der Waals surface area contributed by atoms with Crippen LogP contribution in [-0.2, 0) is 0 Å². The van der Waals surface area contributed by atoms with Gasteiger partial charge in [0, 0.05) is 27.5 Å². The molecule has 4 nitrogen and oxygen atoms in total. The van der Waals surface area contributed by atoms with Gasteiger partial charge in [0.25, 0.3) is 0 Å². The van der Waals surface area contributed by atoms with Gasteiger partial charge in [0.2, 0.25) is 0 Å². The van der Waals surface area contributed by atoms with Crippen molar-refractivity contribution in [3.05, 3.63) is 164 Å². The molecule has 0 aliphatic carbocycles. The summed E-state index contributed by atoms with van der Waals surface area (Å²) >= 11 is 0. The van der Waals surface area contributed by atoms with Crippen LogP contribution in [0.25, 0.3) is 89.1 Å². The van der Waals surface area contributed by atoms with Crippen LogP contribution in [0, 0.1) is 0 Å². The standard InChI is InChI=1S/C43H27N3O/c1-3-11-28(12-4-1)33-16-9-17-34(27-33)43-45-41(31-14-5-2-6-15-31)44-42(46-43)32-23-21-30(22-24-32)36-19-10-20-37-39(36)40-35-18-8-7-13-29(35)25-26-38(40)47-37/h1-27H. The van der Waals surface area contributed by atoms with Gasteiger partial charge >= 0.3 is 0 Å². The van der Waals surface area contributed by atoms with Crippen molar-refractivity contribution in [3.8, 4) is 56.4 Å². The summed E-state index contributed by atoms with van der Waals surface area (Å²) in [7, 11) is 0. The zero-order valence-corrected chi connectivity index (χ0v) is 25.3. The van der Waals surface area contributed by atoms with E-state index in [1.165, 1.54) is 10.8 Å². The van der Waals surface area contributed by atoms with Gasteiger partial charge in [-0.3, -0.25) is 0 Å². The number of rotatable bonds is 5. The Balaban J connectivity index is 1.17. The second-order valence-electron chi connectivity index (χ2n) is 11.6. The molecule has 0 fully saturated rings. The molecule has 220 valence electrons. The van der Waals surface area contributed by atoms with Gasteiger partial charge in [-0.15, -0.1) is 0 Å². The van der Waals surface area contributed by atoms with Gasteiger partial charge in [0.05, 0.1) is 0 Å². The monoisotopic (exact) mass is 601 g/mol.